The van der Waals surface area contributed by atoms with Crippen LogP contribution in [0.15, 0.2) is 27.5 Å². The first-order valence-electron chi connectivity index (χ1n) is 8.50. The summed E-state index contributed by atoms with van der Waals surface area (Å²) in [5.74, 6) is 2.81. The summed E-state index contributed by atoms with van der Waals surface area (Å²) >= 11 is 0. The van der Waals surface area contributed by atoms with E-state index in [2.05, 4.69) is 35.1 Å². The van der Waals surface area contributed by atoms with Gasteiger partial charge in [-0.05, 0) is 25.5 Å². The molecule has 1 fully saturated rings. The van der Waals surface area contributed by atoms with E-state index in [9.17, 15) is 0 Å². The minimum Gasteiger partial charge on any atom is -0.339 e. The van der Waals surface area contributed by atoms with Gasteiger partial charge in [0, 0.05) is 18.8 Å². The molecule has 1 atom stereocenters. The van der Waals surface area contributed by atoms with Crippen molar-refractivity contribution in [1.82, 2.24) is 35.1 Å². The normalized spacial score (nSPS) is 18.5. The Morgan fingerprint density at radius 3 is 2.76 bits per heavy atom. The van der Waals surface area contributed by atoms with E-state index >= 15 is 0 Å². The van der Waals surface area contributed by atoms with Crippen molar-refractivity contribution in [3.05, 3.63) is 36.1 Å². The highest BCUT2D eigenvalue weighted by atomic mass is 16.5. The van der Waals surface area contributed by atoms with Crippen LogP contribution in [0.2, 0.25) is 0 Å². The van der Waals surface area contributed by atoms with Gasteiger partial charge in [-0.25, -0.2) is 9.97 Å². The minimum atomic E-state index is 0.0438. The third-order valence-electron chi connectivity index (χ3n) is 4.26. The number of aryl methyl sites for hydroxylation is 1. The summed E-state index contributed by atoms with van der Waals surface area (Å²) in [6.45, 7) is 3.53. The van der Waals surface area contributed by atoms with Gasteiger partial charge < -0.3 is 9.05 Å². The van der Waals surface area contributed by atoms with E-state index in [1.807, 2.05) is 6.92 Å². The lowest BCUT2D eigenvalue weighted by molar-refractivity contribution is 0.107. The average Bonchev–Trinajstić information content (AvgIpc) is 3.32. The Labute approximate surface area is 144 Å². The van der Waals surface area contributed by atoms with E-state index in [4.69, 9.17) is 9.05 Å². The number of aromatic nitrogens is 6. The molecular weight excluding hydrogens is 322 g/mol. The molecule has 0 bridgehead atoms. The molecule has 0 saturated carbocycles. The maximum absolute atomic E-state index is 5.51. The van der Waals surface area contributed by atoms with E-state index < -0.39 is 0 Å². The smallest absolute Gasteiger partial charge is 0.244 e. The molecule has 0 aliphatic carbocycles. The largest absolute Gasteiger partial charge is 0.339 e. The van der Waals surface area contributed by atoms with Crippen molar-refractivity contribution in [2.24, 2.45) is 0 Å². The zero-order valence-electron chi connectivity index (χ0n) is 14.0. The second-order valence-electron chi connectivity index (χ2n) is 5.97. The molecule has 9 nitrogen and oxygen atoms in total. The lowest BCUT2D eigenvalue weighted by Crippen LogP contribution is -2.33. The highest BCUT2D eigenvalue weighted by Gasteiger charge is 2.30. The highest BCUT2D eigenvalue weighted by Crippen LogP contribution is 2.31. The van der Waals surface area contributed by atoms with Crippen molar-refractivity contribution in [3.63, 3.8) is 0 Å². The Balaban J connectivity index is 1.54. The summed E-state index contributed by atoms with van der Waals surface area (Å²) in [5.41, 5.74) is 0. The predicted octanol–water partition coefficient (Wildman–Crippen LogP) is 2.20. The van der Waals surface area contributed by atoms with Crippen molar-refractivity contribution in [2.75, 3.05) is 6.54 Å². The van der Waals surface area contributed by atoms with Gasteiger partial charge in [-0.2, -0.15) is 9.97 Å². The molecule has 3 aromatic heterocycles. The van der Waals surface area contributed by atoms with Gasteiger partial charge in [0.15, 0.2) is 5.82 Å². The number of likely N-dealkylation sites (tertiary alicyclic amines) is 1. The first kappa shape index (κ1) is 15.8. The molecule has 0 spiro atoms. The van der Waals surface area contributed by atoms with E-state index in [0.29, 0.717) is 35.8 Å². The number of piperidine rings is 1. The molecule has 4 heterocycles. The molecule has 9 heteroatoms. The summed E-state index contributed by atoms with van der Waals surface area (Å²) in [4.78, 5) is 19.5. The summed E-state index contributed by atoms with van der Waals surface area (Å²) in [5, 5.41) is 8.08. The van der Waals surface area contributed by atoms with Gasteiger partial charge >= 0.3 is 0 Å². The van der Waals surface area contributed by atoms with Gasteiger partial charge in [0.1, 0.15) is 0 Å². The molecule has 0 N–H and O–H groups in total. The van der Waals surface area contributed by atoms with Gasteiger partial charge in [-0.3, -0.25) is 4.90 Å². The SMILES string of the molecule is CCc1nc(CN2CCCC[C@H]2c2nc(-c3ncccn3)no2)no1. The lowest BCUT2D eigenvalue weighted by atomic mass is 10.0. The van der Waals surface area contributed by atoms with Crippen molar-refractivity contribution in [3.8, 4) is 11.6 Å². The van der Waals surface area contributed by atoms with Crippen molar-refractivity contribution in [1.29, 1.82) is 0 Å². The van der Waals surface area contributed by atoms with Gasteiger partial charge in [-0.1, -0.05) is 23.7 Å². The zero-order valence-corrected chi connectivity index (χ0v) is 14.0. The highest BCUT2D eigenvalue weighted by molar-refractivity contribution is 5.40. The molecule has 0 aromatic carbocycles. The molecule has 3 aromatic rings. The van der Waals surface area contributed by atoms with Crippen LogP contribution in [0.1, 0.15) is 49.8 Å². The number of rotatable bonds is 5. The van der Waals surface area contributed by atoms with Crippen LogP contribution in [0.5, 0.6) is 0 Å². The fourth-order valence-corrected chi connectivity index (χ4v) is 3.02. The fraction of sp³-hybridized carbons (Fsp3) is 0.500. The molecular formula is C16H19N7O2. The Kier molecular flexibility index (Phi) is 4.47. The van der Waals surface area contributed by atoms with Crippen molar-refractivity contribution < 1.29 is 9.05 Å². The molecule has 1 aliphatic rings. The van der Waals surface area contributed by atoms with Crippen molar-refractivity contribution in [2.45, 2.75) is 45.2 Å². The molecule has 4 rings (SSSR count). The Hall–Kier alpha value is -2.68. The van der Waals surface area contributed by atoms with E-state index in [1.54, 1.807) is 18.5 Å². The van der Waals surface area contributed by atoms with Crippen LogP contribution < -0.4 is 0 Å². The van der Waals surface area contributed by atoms with Crippen molar-refractivity contribution >= 4 is 0 Å². The molecule has 130 valence electrons. The maximum Gasteiger partial charge on any atom is 0.244 e. The molecule has 1 saturated heterocycles. The molecule has 25 heavy (non-hydrogen) atoms. The van der Waals surface area contributed by atoms with Crippen LogP contribution in [0.25, 0.3) is 11.6 Å². The third kappa shape index (κ3) is 3.41. The van der Waals surface area contributed by atoms with Crippen LogP contribution in [0, 0.1) is 0 Å². The monoisotopic (exact) mass is 341 g/mol. The first-order chi connectivity index (χ1) is 12.3. The molecule has 0 unspecified atom stereocenters. The fourth-order valence-electron chi connectivity index (χ4n) is 3.02. The molecule has 0 amide bonds. The van der Waals surface area contributed by atoms with Gasteiger partial charge in [0.25, 0.3) is 0 Å². The summed E-state index contributed by atoms with van der Waals surface area (Å²) < 4.78 is 10.7. The van der Waals surface area contributed by atoms with E-state index in [0.717, 1.165) is 32.2 Å². The van der Waals surface area contributed by atoms with Gasteiger partial charge in [0.2, 0.25) is 23.4 Å². The van der Waals surface area contributed by atoms with E-state index in [1.165, 1.54) is 0 Å². The summed E-state index contributed by atoms with van der Waals surface area (Å²) in [6, 6.07) is 1.80. The van der Waals surface area contributed by atoms with Crippen LogP contribution in [-0.4, -0.2) is 41.7 Å². The molecule has 1 aliphatic heterocycles. The lowest BCUT2D eigenvalue weighted by Gasteiger charge is -2.32. The van der Waals surface area contributed by atoms with Crippen LogP contribution >= 0.6 is 0 Å². The number of nitrogens with zero attached hydrogens (tertiary/aromatic N) is 7. The third-order valence-corrected chi connectivity index (χ3v) is 4.26. The topological polar surface area (TPSA) is 107 Å². The minimum absolute atomic E-state index is 0.0438. The Morgan fingerprint density at radius 1 is 1.08 bits per heavy atom. The summed E-state index contributed by atoms with van der Waals surface area (Å²) in [6.07, 6.45) is 7.25. The first-order valence-corrected chi connectivity index (χ1v) is 8.50. The average molecular weight is 341 g/mol. The molecule has 0 radical (unpaired) electrons. The zero-order chi connectivity index (χ0) is 17.1. The Morgan fingerprint density at radius 2 is 1.96 bits per heavy atom. The van der Waals surface area contributed by atoms with Crippen LogP contribution in [0.4, 0.5) is 0 Å². The number of hydrogen-bond acceptors (Lipinski definition) is 9. The van der Waals surface area contributed by atoms with Crippen LogP contribution in [0.3, 0.4) is 0 Å². The van der Waals surface area contributed by atoms with Gasteiger partial charge in [-0.15, -0.1) is 0 Å². The summed E-state index contributed by atoms with van der Waals surface area (Å²) in [7, 11) is 0. The second kappa shape index (κ2) is 7.06. The van der Waals surface area contributed by atoms with Gasteiger partial charge in [0.05, 0.1) is 12.6 Å². The number of hydrogen-bond donors (Lipinski definition) is 0. The standard InChI is InChI=1S/C16H19N7O2/c1-2-13-19-12(21-24-13)10-23-9-4-3-6-11(23)16-20-15(22-25-16)14-17-7-5-8-18-14/h5,7-8,11H,2-4,6,9-10H2,1H3/t11-/m0/s1. The second-order valence-corrected chi connectivity index (χ2v) is 5.97. The van der Waals surface area contributed by atoms with Crippen LogP contribution in [-0.2, 0) is 13.0 Å². The predicted molar refractivity (Wildman–Crippen MR) is 86.0 cm³/mol. The Bertz CT molecular complexity index is 817. The maximum atomic E-state index is 5.51. The quantitative estimate of drug-likeness (QED) is 0.690. The van der Waals surface area contributed by atoms with E-state index in [-0.39, 0.29) is 6.04 Å².